The minimum atomic E-state index is -0.917. The van der Waals surface area contributed by atoms with Crippen LogP contribution < -0.4 is 5.32 Å². The largest absolute Gasteiger partial charge is 0.478 e. The summed E-state index contributed by atoms with van der Waals surface area (Å²) >= 11 is 0. The number of unbranched alkanes of at least 4 members (excludes halogenated alkanes) is 1. The Hall–Kier alpha value is -1.52. The highest BCUT2D eigenvalue weighted by Crippen LogP contribution is 1.98. The molecule has 0 fully saturated rings. The van der Waals surface area contributed by atoms with Crippen LogP contribution in [0.1, 0.15) is 26.7 Å². The van der Waals surface area contributed by atoms with Gasteiger partial charge in [-0.1, -0.05) is 6.08 Å². The van der Waals surface area contributed by atoms with Gasteiger partial charge in [-0.25, -0.2) is 9.59 Å². The van der Waals surface area contributed by atoms with Crippen molar-refractivity contribution in [1.82, 2.24) is 5.32 Å². The normalized spacial score (nSPS) is 10.9. The second-order valence-electron chi connectivity index (χ2n) is 3.00. The van der Waals surface area contributed by atoms with E-state index < -0.39 is 12.1 Å². The molecule has 86 valence electrons. The van der Waals surface area contributed by atoms with Gasteiger partial charge in [-0.05, 0) is 26.7 Å². The van der Waals surface area contributed by atoms with Crippen LogP contribution in [-0.4, -0.2) is 30.3 Å². The van der Waals surface area contributed by atoms with Crippen LogP contribution in [0.15, 0.2) is 11.6 Å². The number of amides is 1. The number of carbonyl (C=O) groups is 2. The van der Waals surface area contributed by atoms with Crippen molar-refractivity contribution < 1.29 is 19.4 Å². The number of carbonyl (C=O) groups excluding carboxylic acids is 1. The molecular formula is C10H17NO4. The first kappa shape index (κ1) is 13.5. The number of rotatable bonds is 6. The van der Waals surface area contributed by atoms with Crippen molar-refractivity contribution in [2.75, 3.05) is 13.2 Å². The summed E-state index contributed by atoms with van der Waals surface area (Å²) in [5.41, 5.74) is 0.313. The molecule has 2 N–H and O–H groups in total. The van der Waals surface area contributed by atoms with Gasteiger partial charge in [0.25, 0.3) is 0 Å². The SMILES string of the molecule is CCNC(=O)OCCC/C=C(\C)C(=O)O. The lowest BCUT2D eigenvalue weighted by atomic mass is 10.2. The van der Waals surface area contributed by atoms with Crippen LogP contribution in [0.4, 0.5) is 4.79 Å². The van der Waals surface area contributed by atoms with Gasteiger partial charge in [-0.3, -0.25) is 0 Å². The summed E-state index contributed by atoms with van der Waals surface area (Å²) in [6.45, 7) is 4.18. The van der Waals surface area contributed by atoms with Gasteiger partial charge in [-0.2, -0.15) is 0 Å². The van der Waals surface area contributed by atoms with Crippen molar-refractivity contribution >= 4 is 12.1 Å². The van der Waals surface area contributed by atoms with E-state index in [9.17, 15) is 9.59 Å². The summed E-state index contributed by atoms with van der Waals surface area (Å²) in [5.74, 6) is -0.917. The Morgan fingerprint density at radius 1 is 1.47 bits per heavy atom. The van der Waals surface area contributed by atoms with E-state index in [1.807, 2.05) is 0 Å². The maximum absolute atomic E-state index is 10.8. The molecular weight excluding hydrogens is 198 g/mol. The third kappa shape index (κ3) is 7.54. The van der Waals surface area contributed by atoms with E-state index in [2.05, 4.69) is 5.32 Å². The molecule has 0 aromatic rings. The van der Waals surface area contributed by atoms with Gasteiger partial charge in [0.05, 0.1) is 6.61 Å². The van der Waals surface area contributed by atoms with Gasteiger partial charge in [0, 0.05) is 12.1 Å². The molecule has 0 unspecified atom stereocenters. The molecule has 0 heterocycles. The number of carboxylic acids is 1. The molecule has 0 radical (unpaired) electrons. The molecule has 0 aromatic carbocycles. The van der Waals surface area contributed by atoms with E-state index in [0.717, 1.165) is 0 Å². The molecule has 0 aliphatic heterocycles. The fourth-order valence-electron chi connectivity index (χ4n) is 0.849. The molecule has 0 aliphatic carbocycles. The molecule has 0 bridgehead atoms. The lowest BCUT2D eigenvalue weighted by Crippen LogP contribution is -2.23. The van der Waals surface area contributed by atoms with Gasteiger partial charge in [0.15, 0.2) is 0 Å². The van der Waals surface area contributed by atoms with Crippen LogP contribution in [0.3, 0.4) is 0 Å². The molecule has 1 amide bonds. The minimum Gasteiger partial charge on any atom is -0.478 e. The summed E-state index contributed by atoms with van der Waals surface area (Å²) in [4.78, 5) is 21.2. The minimum absolute atomic E-state index is 0.301. The maximum atomic E-state index is 10.8. The Morgan fingerprint density at radius 3 is 2.67 bits per heavy atom. The van der Waals surface area contributed by atoms with Crippen molar-refractivity contribution in [1.29, 1.82) is 0 Å². The molecule has 0 saturated heterocycles. The molecule has 0 aromatic heterocycles. The van der Waals surface area contributed by atoms with Crippen LogP contribution in [0.25, 0.3) is 0 Å². The number of allylic oxidation sites excluding steroid dienone is 1. The zero-order chi connectivity index (χ0) is 11.7. The van der Waals surface area contributed by atoms with E-state index in [1.165, 1.54) is 6.92 Å². The zero-order valence-corrected chi connectivity index (χ0v) is 9.08. The molecule has 5 heteroatoms. The van der Waals surface area contributed by atoms with Crippen LogP contribution in [-0.2, 0) is 9.53 Å². The monoisotopic (exact) mass is 215 g/mol. The third-order valence-electron chi connectivity index (χ3n) is 1.69. The summed E-state index contributed by atoms with van der Waals surface area (Å²) in [7, 11) is 0. The lowest BCUT2D eigenvalue weighted by Gasteiger charge is -2.03. The van der Waals surface area contributed by atoms with Crippen molar-refractivity contribution in [2.24, 2.45) is 0 Å². The standard InChI is InChI=1S/C10H17NO4/c1-3-11-10(14)15-7-5-4-6-8(2)9(12)13/h6H,3-5,7H2,1-2H3,(H,11,14)(H,12,13)/b8-6+. The number of nitrogens with one attached hydrogen (secondary N) is 1. The second kappa shape index (κ2) is 7.84. The summed E-state index contributed by atoms with van der Waals surface area (Å²) in [6.07, 6.45) is 2.40. The predicted molar refractivity (Wildman–Crippen MR) is 55.7 cm³/mol. The van der Waals surface area contributed by atoms with Crippen molar-refractivity contribution in [3.63, 3.8) is 0 Å². The van der Waals surface area contributed by atoms with E-state index in [0.29, 0.717) is 31.6 Å². The molecule has 15 heavy (non-hydrogen) atoms. The van der Waals surface area contributed by atoms with Gasteiger partial charge < -0.3 is 15.2 Å². The zero-order valence-electron chi connectivity index (χ0n) is 9.08. The highest BCUT2D eigenvalue weighted by molar-refractivity contribution is 5.85. The van der Waals surface area contributed by atoms with Gasteiger partial charge in [0.1, 0.15) is 0 Å². The predicted octanol–water partition coefficient (Wildman–Crippen LogP) is 1.54. The number of hydrogen-bond acceptors (Lipinski definition) is 3. The van der Waals surface area contributed by atoms with Crippen LogP contribution >= 0.6 is 0 Å². The van der Waals surface area contributed by atoms with E-state index in [4.69, 9.17) is 9.84 Å². The summed E-state index contributed by atoms with van der Waals surface area (Å²) in [6, 6.07) is 0. The van der Waals surface area contributed by atoms with Crippen molar-refractivity contribution in [2.45, 2.75) is 26.7 Å². The van der Waals surface area contributed by atoms with Gasteiger partial charge in [0.2, 0.25) is 0 Å². The molecule has 0 aliphatic rings. The first-order valence-corrected chi connectivity index (χ1v) is 4.88. The molecule has 0 rings (SSSR count). The number of ether oxygens (including phenoxy) is 1. The maximum Gasteiger partial charge on any atom is 0.407 e. The highest BCUT2D eigenvalue weighted by atomic mass is 16.5. The van der Waals surface area contributed by atoms with Crippen LogP contribution in [0.5, 0.6) is 0 Å². The molecule has 0 spiro atoms. The number of alkyl carbamates (subject to hydrolysis) is 1. The average molecular weight is 215 g/mol. The number of hydrogen-bond donors (Lipinski definition) is 2. The third-order valence-corrected chi connectivity index (χ3v) is 1.69. The van der Waals surface area contributed by atoms with E-state index in [-0.39, 0.29) is 0 Å². The summed E-state index contributed by atoms with van der Waals surface area (Å²) in [5, 5.41) is 11.0. The Morgan fingerprint density at radius 2 is 2.13 bits per heavy atom. The second-order valence-corrected chi connectivity index (χ2v) is 3.00. The van der Waals surface area contributed by atoms with E-state index >= 15 is 0 Å². The molecule has 0 saturated carbocycles. The highest BCUT2D eigenvalue weighted by Gasteiger charge is 1.99. The Balaban J connectivity index is 3.51. The quantitative estimate of drug-likeness (QED) is 0.520. The fraction of sp³-hybridized carbons (Fsp3) is 0.600. The number of carboxylic acid groups (broad SMARTS) is 1. The Bertz CT molecular complexity index is 248. The topological polar surface area (TPSA) is 75.6 Å². The Labute approximate surface area is 89.1 Å². The van der Waals surface area contributed by atoms with Crippen molar-refractivity contribution in [3.8, 4) is 0 Å². The van der Waals surface area contributed by atoms with E-state index in [1.54, 1.807) is 13.0 Å². The first-order chi connectivity index (χ1) is 7.07. The summed E-state index contributed by atoms with van der Waals surface area (Å²) < 4.78 is 4.80. The van der Waals surface area contributed by atoms with Gasteiger partial charge >= 0.3 is 12.1 Å². The number of aliphatic carboxylic acids is 1. The molecule has 5 nitrogen and oxygen atoms in total. The lowest BCUT2D eigenvalue weighted by molar-refractivity contribution is -0.132. The average Bonchev–Trinajstić information content (AvgIpc) is 2.17. The smallest absolute Gasteiger partial charge is 0.407 e. The fourth-order valence-corrected chi connectivity index (χ4v) is 0.849. The van der Waals surface area contributed by atoms with Gasteiger partial charge in [-0.15, -0.1) is 0 Å². The van der Waals surface area contributed by atoms with Crippen molar-refractivity contribution in [3.05, 3.63) is 11.6 Å². The molecule has 0 atom stereocenters. The van der Waals surface area contributed by atoms with Crippen LogP contribution in [0, 0.1) is 0 Å². The Kier molecular flexibility index (Phi) is 7.05. The van der Waals surface area contributed by atoms with Crippen LogP contribution in [0.2, 0.25) is 0 Å². The first-order valence-electron chi connectivity index (χ1n) is 4.88.